The number of halogens is 4. The molecule has 0 spiro atoms. The summed E-state index contributed by atoms with van der Waals surface area (Å²) >= 11 is 12.1. The third-order valence-corrected chi connectivity index (χ3v) is 3.42. The van der Waals surface area contributed by atoms with E-state index in [9.17, 15) is 8.78 Å². The molecule has 0 saturated heterocycles. The molecule has 0 aliphatic rings. The third-order valence-electron chi connectivity index (χ3n) is 2.66. The van der Waals surface area contributed by atoms with Crippen LogP contribution in [0.4, 0.5) is 8.78 Å². The van der Waals surface area contributed by atoms with Gasteiger partial charge in [-0.15, -0.1) is 11.6 Å². The van der Waals surface area contributed by atoms with Crippen molar-refractivity contribution in [2.24, 2.45) is 0 Å². The number of hydrogen-bond acceptors (Lipinski definition) is 0. The van der Waals surface area contributed by atoms with Crippen molar-refractivity contribution in [3.63, 3.8) is 0 Å². The molecular weight excluding hydrogens is 277 g/mol. The molecule has 18 heavy (non-hydrogen) atoms. The van der Waals surface area contributed by atoms with Gasteiger partial charge in [-0.25, -0.2) is 8.78 Å². The summed E-state index contributed by atoms with van der Waals surface area (Å²) in [6.07, 6.45) is 0.219. The van der Waals surface area contributed by atoms with Crippen LogP contribution in [0.3, 0.4) is 0 Å². The molecule has 0 amide bonds. The van der Waals surface area contributed by atoms with E-state index in [-0.39, 0.29) is 12.2 Å². The van der Waals surface area contributed by atoms with Crippen LogP contribution < -0.4 is 0 Å². The second-order valence-electron chi connectivity index (χ2n) is 3.93. The normalized spacial score (nSPS) is 12.4. The highest BCUT2D eigenvalue weighted by Crippen LogP contribution is 2.29. The summed E-state index contributed by atoms with van der Waals surface area (Å²) in [7, 11) is 0. The molecule has 0 aromatic heterocycles. The van der Waals surface area contributed by atoms with Crippen molar-refractivity contribution >= 4 is 23.2 Å². The Bertz CT molecular complexity index is 535. The third kappa shape index (κ3) is 3.01. The van der Waals surface area contributed by atoms with Gasteiger partial charge in [-0.2, -0.15) is 0 Å². The average Bonchev–Trinajstić information content (AvgIpc) is 2.34. The Labute approximate surface area is 114 Å². The van der Waals surface area contributed by atoms with Crippen molar-refractivity contribution < 1.29 is 8.78 Å². The van der Waals surface area contributed by atoms with Gasteiger partial charge in [-0.3, -0.25) is 0 Å². The van der Waals surface area contributed by atoms with Gasteiger partial charge in [0.05, 0.1) is 5.38 Å². The van der Waals surface area contributed by atoms with Crippen LogP contribution >= 0.6 is 23.2 Å². The van der Waals surface area contributed by atoms with Crippen LogP contribution in [0.25, 0.3) is 0 Å². The van der Waals surface area contributed by atoms with Gasteiger partial charge < -0.3 is 0 Å². The van der Waals surface area contributed by atoms with Crippen molar-refractivity contribution in [2.45, 2.75) is 11.8 Å². The van der Waals surface area contributed by atoms with Gasteiger partial charge in [0.25, 0.3) is 0 Å². The van der Waals surface area contributed by atoms with Gasteiger partial charge in [-0.1, -0.05) is 29.8 Å². The monoisotopic (exact) mass is 286 g/mol. The lowest BCUT2D eigenvalue weighted by Gasteiger charge is -2.12. The van der Waals surface area contributed by atoms with Crippen LogP contribution in [-0.2, 0) is 6.42 Å². The molecule has 4 heteroatoms. The zero-order valence-corrected chi connectivity index (χ0v) is 10.8. The fourth-order valence-corrected chi connectivity index (χ4v) is 2.26. The molecular formula is C14H10Cl2F2. The summed E-state index contributed by atoms with van der Waals surface area (Å²) in [5, 5.41) is -0.188. The Morgan fingerprint density at radius 2 is 1.78 bits per heavy atom. The molecule has 2 aromatic carbocycles. The Morgan fingerprint density at radius 1 is 1.06 bits per heavy atom. The Morgan fingerprint density at radius 3 is 2.44 bits per heavy atom. The first kappa shape index (κ1) is 13.3. The minimum Gasteiger partial charge on any atom is -0.207 e. The minimum absolute atomic E-state index is 0.219. The molecule has 0 radical (unpaired) electrons. The molecule has 94 valence electrons. The Kier molecular flexibility index (Phi) is 4.20. The topological polar surface area (TPSA) is 0 Å². The van der Waals surface area contributed by atoms with Gasteiger partial charge in [-0.05, 0) is 36.2 Å². The zero-order chi connectivity index (χ0) is 13.1. The largest absolute Gasteiger partial charge is 0.207 e. The van der Waals surface area contributed by atoms with E-state index in [2.05, 4.69) is 0 Å². The molecule has 0 nitrogen and oxygen atoms in total. The molecule has 1 unspecified atom stereocenters. The predicted octanol–water partition coefficient (Wildman–Crippen LogP) is 5.14. The van der Waals surface area contributed by atoms with E-state index in [0.29, 0.717) is 16.1 Å². The zero-order valence-electron chi connectivity index (χ0n) is 9.34. The molecule has 0 aliphatic heterocycles. The van der Waals surface area contributed by atoms with E-state index >= 15 is 0 Å². The Balaban J connectivity index is 2.24. The van der Waals surface area contributed by atoms with Crippen molar-refractivity contribution in [1.82, 2.24) is 0 Å². The maximum atomic E-state index is 13.6. The average molecular weight is 287 g/mol. The highest BCUT2D eigenvalue weighted by atomic mass is 35.5. The van der Waals surface area contributed by atoms with Crippen LogP contribution in [0.2, 0.25) is 5.02 Å². The molecule has 1 atom stereocenters. The molecule has 2 rings (SSSR count). The fraction of sp³-hybridized carbons (Fsp3) is 0.143. The second kappa shape index (κ2) is 5.68. The van der Waals surface area contributed by atoms with E-state index in [1.165, 1.54) is 24.3 Å². The van der Waals surface area contributed by atoms with E-state index in [0.717, 1.165) is 0 Å². The predicted molar refractivity (Wildman–Crippen MR) is 70.1 cm³/mol. The molecule has 0 bridgehead atoms. The van der Waals surface area contributed by atoms with Crippen LogP contribution in [0.1, 0.15) is 16.5 Å². The molecule has 0 heterocycles. The van der Waals surface area contributed by atoms with Crippen molar-refractivity contribution in [3.05, 3.63) is 70.2 Å². The van der Waals surface area contributed by atoms with Crippen LogP contribution in [0.15, 0.2) is 42.5 Å². The summed E-state index contributed by atoms with van der Waals surface area (Å²) in [6.45, 7) is 0. The first-order valence-electron chi connectivity index (χ1n) is 5.40. The number of hydrogen-bond donors (Lipinski definition) is 0. The van der Waals surface area contributed by atoms with E-state index < -0.39 is 11.2 Å². The van der Waals surface area contributed by atoms with E-state index in [1.54, 1.807) is 18.2 Å². The number of benzene rings is 2. The standard InChI is InChI=1S/C14H10Cl2F2/c15-12-5-2-6-14(18)11(12)8-13(16)9-3-1-4-10(17)7-9/h1-7,13H,8H2. The van der Waals surface area contributed by atoms with Gasteiger partial charge in [0.2, 0.25) is 0 Å². The van der Waals surface area contributed by atoms with Gasteiger partial charge in [0.1, 0.15) is 11.6 Å². The fourth-order valence-electron chi connectivity index (χ4n) is 1.73. The smallest absolute Gasteiger partial charge is 0.127 e. The van der Waals surface area contributed by atoms with Gasteiger partial charge in [0, 0.05) is 10.6 Å². The maximum absolute atomic E-state index is 13.6. The first-order chi connectivity index (χ1) is 8.58. The highest BCUT2D eigenvalue weighted by molar-refractivity contribution is 6.31. The SMILES string of the molecule is Fc1cccc(C(Cl)Cc2c(F)cccc2Cl)c1. The molecule has 0 N–H and O–H groups in total. The van der Waals surface area contributed by atoms with Crippen molar-refractivity contribution in [1.29, 1.82) is 0 Å². The quantitative estimate of drug-likeness (QED) is 0.685. The summed E-state index contributed by atoms with van der Waals surface area (Å²) in [5.74, 6) is -0.762. The lowest BCUT2D eigenvalue weighted by molar-refractivity contribution is 0.606. The van der Waals surface area contributed by atoms with Crippen LogP contribution in [0, 0.1) is 11.6 Å². The van der Waals surface area contributed by atoms with Crippen LogP contribution in [-0.4, -0.2) is 0 Å². The van der Waals surface area contributed by atoms with E-state index in [4.69, 9.17) is 23.2 Å². The van der Waals surface area contributed by atoms with Crippen molar-refractivity contribution in [3.8, 4) is 0 Å². The molecule has 2 aromatic rings. The summed E-state index contributed by atoms with van der Waals surface area (Å²) in [5.41, 5.74) is 0.958. The van der Waals surface area contributed by atoms with E-state index in [1.807, 2.05) is 0 Å². The number of rotatable bonds is 3. The lowest BCUT2D eigenvalue weighted by atomic mass is 10.0. The van der Waals surface area contributed by atoms with Crippen molar-refractivity contribution in [2.75, 3.05) is 0 Å². The number of alkyl halides is 1. The maximum Gasteiger partial charge on any atom is 0.127 e. The molecule has 0 aliphatic carbocycles. The summed E-state index contributed by atoms with van der Waals surface area (Å²) in [6, 6.07) is 10.4. The summed E-state index contributed by atoms with van der Waals surface area (Å²) < 4.78 is 26.7. The lowest BCUT2D eigenvalue weighted by Crippen LogP contribution is -2.00. The summed E-state index contributed by atoms with van der Waals surface area (Å²) in [4.78, 5) is 0. The van der Waals surface area contributed by atoms with Gasteiger partial charge >= 0.3 is 0 Å². The molecule has 0 saturated carbocycles. The first-order valence-corrected chi connectivity index (χ1v) is 6.22. The second-order valence-corrected chi connectivity index (χ2v) is 4.86. The minimum atomic E-state index is -0.518. The Hall–Kier alpha value is -1.12. The van der Waals surface area contributed by atoms with Gasteiger partial charge in [0.15, 0.2) is 0 Å². The highest BCUT2D eigenvalue weighted by Gasteiger charge is 2.14. The van der Waals surface area contributed by atoms with Crippen LogP contribution in [0.5, 0.6) is 0 Å². The molecule has 0 fully saturated rings.